The van der Waals surface area contributed by atoms with Crippen LogP contribution in [0.1, 0.15) is 41.8 Å². The molecule has 2 aromatic heterocycles. The smallest absolute Gasteiger partial charge is 0.259 e. The molecule has 1 unspecified atom stereocenters. The number of aromatic nitrogens is 3. The zero-order valence-corrected chi connectivity index (χ0v) is 15.5. The molecule has 0 saturated carbocycles. The number of hydrogen-bond donors (Lipinski definition) is 0. The molecule has 1 aliphatic rings. The van der Waals surface area contributed by atoms with Crippen LogP contribution in [-0.2, 0) is 6.54 Å². The third-order valence-corrected chi connectivity index (χ3v) is 5.26. The molecule has 0 spiro atoms. The van der Waals surface area contributed by atoms with Crippen molar-refractivity contribution in [1.82, 2.24) is 19.8 Å². The van der Waals surface area contributed by atoms with Gasteiger partial charge in [-0.05, 0) is 38.7 Å². The molecular weight excluding hydrogens is 340 g/mol. The molecule has 0 aliphatic carbocycles. The van der Waals surface area contributed by atoms with E-state index in [2.05, 4.69) is 10.3 Å². The van der Waals surface area contributed by atoms with Crippen molar-refractivity contribution in [2.45, 2.75) is 45.2 Å². The molecule has 6 nitrogen and oxygen atoms in total. The number of benzene rings is 1. The van der Waals surface area contributed by atoms with Crippen LogP contribution in [0.2, 0.25) is 0 Å². The van der Waals surface area contributed by atoms with Crippen LogP contribution in [0.4, 0.5) is 0 Å². The van der Waals surface area contributed by atoms with Gasteiger partial charge in [0, 0.05) is 37.1 Å². The van der Waals surface area contributed by atoms with E-state index in [4.69, 9.17) is 4.52 Å². The Morgan fingerprint density at radius 1 is 1.22 bits per heavy atom. The van der Waals surface area contributed by atoms with Crippen LogP contribution in [-0.4, -0.2) is 38.3 Å². The number of likely N-dealkylation sites (tertiary alicyclic amines) is 1. The van der Waals surface area contributed by atoms with E-state index in [0.29, 0.717) is 17.0 Å². The van der Waals surface area contributed by atoms with Crippen LogP contribution in [0, 0.1) is 6.92 Å². The lowest BCUT2D eigenvalue weighted by Crippen LogP contribution is -2.44. The van der Waals surface area contributed by atoms with Gasteiger partial charge >= 0.3 is 0 Å². The average molecular weight is 364 g/mol. The Balaban J connectivity index is 1.58. The Bertz CT molecular complexity index is 886. The lowest BCUT2D eigenvalue weighted by Gasteiger charge is -2.36. The van der Waals surface area contributed by atoms with Crippen molar-refractivity contribution in [3.05, 3.63) is 60.1 Å². The summed E-state index contributed by atoms with van der Waals surface area (Å²) in [6.45, 7) is 3.41. The summed E-state index contributed by atoms with van der Waals surface area (Å²) in [6, 6.07) is 11.9. The second-order valence-electron chi connectivity index (χ2n) is 7.03. The van der Waals surface area contributed by atoms with Crippen LogP contribution in [0.5, 0.6) is 0 Å². The van der Waals surface area contributed by atoms with Crippen molar-refractivity contribution in [1.29, 1.82) is 0 Å². The number of amides is 1. The summed E-state index contributed by atoms with van der Waals surface area (Å²) < 4.78 is 7.33. The Kier molecular flexibility index (Phi) is 5.05. The van der Waals surface area contributed by atoms with Crippen molar-refractivity contribution in [2.75, 3.05) is 6.54 Å². The van der Waals surface area contributed by atoms with Crippen LogP contribution < -0.4 is 0 Å². The largest absolute Gasteiger partial charge is 0.360 e. The van der Waals surface area contributed by atoms with E-state index in [1.165, 1.54) is 0 Å². The van der Waals surface area contributed by atoms with Gasteiger partial charge in [-0.25, -0.2) is 0 Å². The van der Waals surface area contributed by atoms with Gasteiger partial charge in [0.25, 0.3) is 5.91 Å². The summed E-state index contributed by atoms with van der Waals surface area (Å²) in [6.07, 6.45) is 7.87. The van der Waals surface area contributed by atoms with E-state index in [9.17, 15) is 4.79 Å². The molecule has 1 saturated heterocycles. The second-order valence-corrected chi connectivity index (χ2v) is 7.03. The summed E-state index contributed by atoms with van der Waals surface area (Å²) in [4.78, 5) is 15.5. The molecule has 1 atom stereocenters. The fourth-order valence-corrected chi connectivity index (χ4v) is 3.84. The molecule has 1 aromatic carbocycles. The SMILES string of the molecule is Cc1onc(-c2ccccc2)c1C(=O)N1CCCCC1CCn1cccn1. The van der Waals surface area contributed by atoms with Gasteiger partial charge in [-0.15, -0.1) is 0 Å². The lowest BCUT2D eigenvalue weighted by atomic mass is 9.97. The van der Waals surface area contributed by atoms with Gasteiger partial charge in [-0.2, -0.15) is 5.10 Å². The molecule has 4 rings (SSSR count). The fourth-order valence-electron chi connectivity index (χ4n) is 3.84. The standard InChI is InChI=1S/C21H24N4O2/c1-16-19(20(23-27-16)17-8-3-2-4-9-17)21(26)25-14-6-5-10-18(25)11-15-24-13-7-12-22-24/h2-4,7-9,12-13,18H,5-6,10-11,14-15H2,1H3. The lowest BCUT2D eigenvalue weighted by molar-refractivity contribution is 0.0593. The van der Waals surface area contributed by atoms with E-state index in [1.54, 1.807) is 6.20 Å². The molecule has 0 radical (unpaired) electrons. The normalized spacial score (nSPS) is 17.2. The molecule has 1 fully saturated rings. The zero-order valence-electron chi connectivity index (χ0n) is 15.5. The highest BCUT2D eigenvalue weighted by molar-refractivity contribution is 6.01. The minimum Gasteiger partial charge on any atom is -0.360 e. The van der Waals surface area contributed by atoms with Crippen LogP contribution in [0.3, 0.4) is 0 Å². The molecule has 3 aromatic rings. The number of hydrogen-bond acceptors (Lipinski definition) is 4. The first-order valence-electron chi connectivity index (χ1n) is 9.54. The first kappa shape index (κ1) is 17.5. The van der Waals surface area contributed by atoms with Crippen LogP contribution >= 0.6 is 0 Å². The summed E-state index contributed by atoms with van der Waals surface area (Å²) in [7, 11) is 0. The first-order valence-corrected chi connectivity index (χ1v) is 9.54. The highest BCUT2D eigenvalue weighted by Crippen LogP contribution is 2.29. The van der Waals surface area contributed by atoms with Gasteiger partial charge in [0.05, 0.1) is 0 Å². The molecule has 27 heavy (non-hydrogen) atoms. The van der Waals surface area contributed by atoms with E-state index >= 15 is 0 Å². The number of carbonyl (C=O) groups excluding carboxylic acids is 1. The van der Waals surface area contributed by atoms with E-state index in [0.717, 1.165) is 44.3 Å². The maximum absolute atomic E-state index is 13.5. The average Bonchev–Trinajstić information content (AvgIpc) is 3.36. The van der Waals surface area contributed by atoms with E-state index in [1.807, 2.05) is 59.1 Å². The molecule has 1 aliphatic heterocycles. The van der Waals surface area contributed by atoms with Gasteiger partial charge in [0.15, 0.2) is 0 Å². The van der Waals surface area contributed by atoms with Gasteiger partial charge < -0.3 is 9.42 Å². The number of carbonyl (C=O) groups is 1. The summed E-state index contributed by atoms with van der Waals surface area (Å²) in [5, 5.41) is 8.45. The molecule has 0 N–H and O–H groups in total. The Labute approximate surface area is 158 Å². The molecular formula is C21H24N4O2. The third-order valence-electron chi connectivity index (χ3n) is 5.26. The Morgan fingerprint density at radius 2 is 2.07 bits per heavy atom. The van der Waals surface area contributed by atoms with E-state index < -0.39 is 0 Å². The number of rotatable bonds is 5. The van der Waals surface area contributed by atoms with E-state index in [-0.39, 0.29) is 11.9 Å². The van der Waals surface area contributed by atoms with Gasteiger partial charge in [0.2, 0.25) is 0 Å². The summed E-state index contributed by atoms with van der Waals surface area (Å²) in [5.41, 5.74) is 2.13. The minimum atomic E-state index is 0.0257. The van der Waals surface area contributed by atoms with Crippen molar-refractivity contribution in [3.63, 3.8) is 0 Å². The minimum absolute atomic E-state index is 0.0257. The maximum atomic E-state index is 13.5. The van der Waals surface area contributed by atoms with Gasteiger partial charge in [0.1, 0.15) is 17.0 Å². The number of aryl methyl sites for hydroxylation is 2. The predicted octanol–water partition coefficient (Wildman–Crippen LogP) is 3.93. The molecule has 6 heteroatoms. The summed E-state index contributed by atoms with van der Waals surface area (Å²) >= 11 is 0. The van der Waals surface area contributed by atoms with Gasteiger partial charge in [-0.3, -0.25) is 9.48 Å². The number of piperidine rings is 1. The third kappa shape index (κ3) is 3.65. The highest BCUT2D eigenvalue weighted by atomic mass is 16.5. The number of nitrogens with zero attached hydrogens (tertiary/aromatic N) is 4. The van der Waals surface area contributed by atoms with Gasteiger partial charge in [-0.1, -0.05) is 35.5 Å². The Morgan fingerprint density at radius 3 is 2.85 bits per heavy atom. The second kappa shape index (κ2) is 7.78. The van der Waals surface area contributed by atoms with Crippen LogP contribution in [0.15, 0.2) is 53.3 Å². The first-order chi connectivity index (χ1) is 13.2. The van der Waals surface area contributed by atoms with Crippen molar-refractivity contribution < 1.29 is 9.32 Å². The monoisotopic (exact) mass is 364 g/mol. The summed E-state index contributed by atoms with van der Waals surface area (Å²) in [5.74, 6) is 0.605. The maximum Gasteiger partial charge on any atom is 0.259 e. The molecule has 0 bridgehead atoms. The topological polar surface area (TPSA) is 64.2 Å². The van der Waals surface area contributed by atoms with Crippen molar-refractivity contribution in [2.24, 2.45) is 0 Å². The Hall–Kier alpha value is -2.89. The predicted molar refractivity (Wildman–Crippen MR) is 102 cm³/mol. The zero-order chi connectivity index (χ0) is 18.6. The van der Waals surface area contributed by atoms with Crippen LogP contribution in [0.25, 0.3) is 11.3 Å². The van der Waals surface area contributed by atoms with Crippen molar-refractivity contribution >= 4 is 5.91 Å². The molecule has 140 valence electrons. The molecule has 1 amide bonds. The fraction of sp³-hybridized carbons (Fsp3) is 0.381. The molecule has 3 heterocycles. The quantitative estimate of drug-likeness (QED) is 0.688. The van der Waals surface area contributed by atoms with Crippen molar-refractivity contribution in [3.8, 4) is 11.3 Å². The highest BCUT2D eigenvalue weighted by Gasteiger charge is 2.32.